The lowest BCUT2D eigenvalue weighted by Gasteiger charge is -2.05. The SMILES string of the molecule is Nc1ccc(C(=O)NCCc2ccc(Br)s2)cc1Cl. The third-order valence-electron chi connectivity index (χ3n) is 2.55. The summed E-state index contributed by atoms with van der Waals surface area (Å²) in [6.07, 6.45) is 0.810. The van der Waals surface area contributed by atoms with Crippen LogP contribution >= 0.6 is 38.9 Å². The van der Waals surface area contributed by atoms with E-state index in [0.717, 1.165) is 10.2 Å². The molecule has 0 spiro atoms. The molecule has 6 heteroatoms. The minimum atomic E-state index is -0.141. The van der Waals surface area contributed by atoms with Crippen LogP contribution in [0.4, 0.5) is 5.69 Å². The monoisotopic (exact) mass is 358 g/mol. The molecular formula is C13H12BrClN2OS. The van der Waals surface area contributed by atoms with E-state index in [9.17, 15) is 4.79 Å². The Hall–Kier alpha value is -1.04. The summed E-state index contributed by atoms with van der Waals surface area (Å²) in [7, 11) is 0. The van der Waals surface area contributed by atoms with Gasteiger partial charge < -0.3 is 11.1 Å². The maximum atomic E-state index is 11.9. The van der Waals surface area contributed by atoms with Crippen LogP contribution in [-0.4, -0.2) is 12.5 Å². The highest BCUT2D eigenvalue weighted by molar-refractivity contribution is 9.11. The van der Waals surface area contributed by atoms with Crippen molar-refractivity contribution in [2.24, 2.45) is 0 Å². The van der Waals surface area contributed by atoms with Gasteiger partial charge in [0.25, 0.3) is 5.91 Å². The third kappa shape index (κ3) is 3.96. The topological polar surface area (TPSA) is 55.1 Å². The second-order valence-electron chi connectivity index (χ2n) is 3.95. The van der Waals surface area contributed by atoms with E-state index in [1.54, 1.807) is 29.5 Å². The highest BCUT2D eigenvalue weighted by Gasteiger charge is 2.07. The fraction of sp³-hybridized carbons (Fsp3) is 0.154. The molecule has 0 fully saturated rings. The first kappa shape index (κ1) is 14.4. The van der Waals surface area contributed by atoms with Gasteiger partial charge in [-0.25, -0.2) is 0 Å². The van der Waals surface area contributed by atoms with E-state index < -0.39 is 0 Å². The molecule has 0 aliphatic carbocycles. The van der Waals surface area contributed by atoms with Gasteiger partial charge in [0.2, 0.25) is 0 Å². The fourth-order valence-electron chi connectivity index (χ4n) is 1.56. The van der Waals surface area contributed by atoms with Crippen molar-refractivity contribution in [2.75, 3.05) is 12.3 Å². The Kier molecular flexibility index (Phi) is 4.85. The summed E-state index contributed by atoms with van der Waals surface area (Å²) < 4.78 is 1.10. The lowest BCUT2D eigenvalue weighted by molar-refractivity contribution is 0.0954. The number of hydrogen-bond donors (Lipinski definition) is 2. The van der Waals surface area contributed by atoms with Crippen molar-refractivity contribution < 1.29 is 4.79 Å². The summed E-state index contributed by atoms with van der Waals surface area (Å²) in [4.78, 5) is 13.1. The Morgan fingerprint density at radius 3 is 2.79 bits per heavy atom. The summed E-state index contributed by atoms with van der Waals surface area (Å²) in [6.45, 7) is 0.591. The molecule has 19 heavy (non-hydrogen) atoms. The van der Waals surface area contributed by atoms with Crippen molar-refractivity contribution in [1.29, 1.82) is 0 Å². The number of nitrogen functional groups attached to an aromatic ring is 1. The predicted octanol–water partition coefficient (Wildman–Crippen LogP) is 3.72. The summed E-state index contributed by atoms with van der Waals surface area (Å²) in [5.74, 6) is -0.141. The van der Waals surface area contributed by atoms with Crippen LogP contribution in [0, 0.1) is 0 Å². The molecule has 2 aromatic rings. The number of thiophene rings is 1. The molecule has 3 N–H and O–H groups in total. The second kappa shape index (κ2) is 6.41. The Morgan fingerprint density at radius 2 is 2.16 bits per heavy atom. The Bertz CT molecular complexity index is 600. The van der Waals surface area contributed by atoms with Crippen LogP contribution in [0.3, 0.4) is 0 Å². The highest BCUT2D eigenvalue weighted by atomic mass is 79.9. The number of carbonyl (C=O) groups excluding carboxylic acids is 1. The zero-order valence-corrected chi connectivity index (χ0v) is 13.1. The lowest BCUT2D eigenvalue weighted by Crippen LogP contribution is -2.25. The number of nitrogens with one attached hydrogen (secondary N) is 1. The summed E-state index contributed by atoms with van der Waals surface area (Å²) in [6, 6.07) is 8.92. The molecule has 2 rings (SSSR count). The van der Waals surface area contributed by atoms with E-state index in [-0.39, 0.29) is 5.91 Å². The molecule has 0 radical (unpaired) electrons. The quantitative estimate of drug-likeness (QED) is 0.818. The Labute approximate surface area is 128 Å². The average molecular weight is 360 g/mol. The molecule has 1 aromatic heterocycles. The van der Waals surface area contributed by atoms with Crippen LogP contribution in [-0.2, 0) is 6.42 Å². The molecule has 0 unspecified atom stereocenters. The molecule has 0 bridgehead atoms. The van der Waals surface area contributed by atoms with Gasteiger partial charge in [-0.15, -0.1) is 11.3 Å². The first-order valence-electron chi connectivity index (χ1n) is 5.63. The van der Waals surface area contributed by atoms with E-state index >= 15 is 0 Å². The zero-order valence-electron chi connectivity index (χ0n) is 9.95. The van der Waals surface area contributed by atoms with E-state index in [2.05, 4.69) is 21.2 Å². The van der Waals surface area contributed by atoms with Crippen LogP contribution in [0.5, 0.6) is 0 Å². The van der Waals surface area contributed by atoms with Gasteiger partial charge >= 0.3 is 0 Å². The molecular weight excluding hydrogens is 348 g/mol. The smallest absolute Gasteiger partial charge is 0.251 e. The van der Waals surface area contributed by atoms with Crippen molar-refractivity contribution in [2.45, 2.75) is 6.42 Å². The average Bonchev–Trinajstić information content (AvgIpc) is 2.78. The maximum Gasteiger partial charge on any atom is 0.251 e. The van der Waals surface area contributed by atoms with Gasteiger partial charge in [-0.05, 0) is 52.7 Å². The lowest BCUT2D eigenvalue weighted by atomic mass is 10.2. The fourth-order valence-corrected chi connectivity index (χ4v) is 3.22. The van der Waals surface area contributed by atoms with Gasteiger partial charge in [-0.1, -0.05) is 11.6 Å². The number of nitrogens with two attached hydrogens (primary N) is 1. The molecule has 0 saturated heterocycles. The predicted molar refractivity (Wildman–Crippen MR) is 83.9 cm³/mol. The number of amides is 1. The van der Waals surface area contributed by atoms with E-state index in [1.165, 1.54) is 4.88 Å². The van der Waals surface area contributed by atoms with Crippen molar-refractivity contribution >= 4 is 50.5 Å². The van der Waals surface area contributed by atoms with Crippen LogP contribution in [0.15, 0.2) is 34.1 Å². The maximum absolute atomic E-state index is 11.9. The van der Waals surface area contributed by atoms with Crippen LogP contribution in [0.25, 0.3) is 0 Å². The molecule has 100 valence electrons. The van der Waals surface area contributed by atoms with Crippen molar-refractivity contribution in [3.05, 3.63) is 49.6 Å². The first-order chi connectivity index (χ1) is 9.06. The molecule has 1 aromatic carbocycles. The molecule has 1 amide bonds. The normalized spacial score (nSPS) is 10.4. The summed E-state index contributed by atoms with van der Waals surface area (Å²) >= 11 is 11.0. The summed E-state index contributed by atoms with van der Waals surface area (Å²) in [5, 5.41) is 3.25. The van der Waals surface area contributed by atoms with Crippen LogP contribution in [0.2, 0.25) is 5.02 Å². The van der Waals surface area contributed by atoms with Gasteiger partial charge in [0.05, 0.1) is 14.5 Å². The standard InChI is InChI=1S/C13H12BrClN2OS/c14-12-4-2-9(19-12)5-6-17-13(18)8-1-3-11(16)10(15)7-8/h1-4,7H,5-6,16H2,(H,17,18). The van der Waals surface area contributed by atoms with Crippen molar-refractivity contribution in [1.82, 2.24) is 5.32 Å². The Balaban J connectivity index is 1.89. The minimum Gasteiger partial charge on any atom is -0.398 e. The number of rotatable bonds is 4. The van der Waals surface area contributed by atoms with E-state index in [0.29, 0.717) is 22.8 Å². The molecule has 0 aliphatic rings. The van der Waals surface area contributed by atoms with Gasteiger partial charge in [0, 0.05) is 17.0 Å². The van der Waals surface area contributed by atoms with Gasteiger partial charge in [-0.2, -0.15) is 0 Å². The van der Waals surface area contributed by atoms with Crippen LogP contribution < -0.4 is 11.1 Å². The summed E-state index contributed by atoms with van der Waals surface area (Å²) in [5.41, 5.74) is 6.59. The number of hydrogen-bond acceptors (Lipinski definition) is 3. The molecule has 0 atom stereocenters. The van der Waals surface area contributed by atoms with Gasteiger partial charge in [-0.3, -0.25) is 4.79 Å². The van der Waals surface area contributed by atoms with Crippen molar-refractivity contribution in [3.63, 3.8) is 0 Å². The van der Waals surface area contributed by atoms with Gasteiger partial charge in [0.1, 0.15) is 0 Å². The largest absolute Gasteiger partial charge is 0.398 e. The molecule has 3 nitrogen and oxygen atoms in total. The molecule has 0 saturated carbocycles. The first-order valence-corrected chi connectivity index (χ1v) is 7.62. The number of benzene rings is 1. The minimum absolute atomic E-state index is 0.141. The van der Waals surface area contributed by atoms with E-state index in [1.807, 2.05) is 12.1 Å². The third-order valence-corrected chi connectivity index (χ3v) is 4.56. The highest BCUT2D eigenvalue weighted by Crippen LogP contribution is 2.22. The molecule has 0 aliphatic heterocycles. The Morgan fingerprint density at radius 1 is 1.37 bits per heavy atom. The number of carbonyl (C=O) groups is 1. The van der Waals surface area contributed by atoms with E-state index in [4.69, 9.17) is 17.3 Å². The van der Waals surface area contributed by atoms with Crippen molar-refractivity contribution in [3.8, 4) is 0 Å². The van der Waals surface area contributed by atoms with Crippen LogP contribution in [0.1, 0.15) is 15.2 Å². The number of anilines is 1. The zero-order chi connectivity index (χ0) is 13.8. The molecule has 1 heterocycles. The second-order valence-corrected chi connectivity index (χ2v) is 6.90. The van der Waals surface area contributed by atoms with Gasteiger partial charge in [0.15, 0.2) is 0 Å². The number of halogens is 2.